The van der Waals surface area contributed by atoms with Crippen LogP contribution in [-0.4, -0.2) is 37.1 Å². The number of rotatable bonds is 4. The van der Waals surface area contributed by atoms with Crippen molar-refractivity contribution in [3.05, 3.63) is 42.5 Å². The van der Waals surface area contributed by atoms with Gasteiger partial charge in [0.15, 0.2) is 0 Å². The van der Waals surface area contributed by atoms with Crippen LogP contribution in [0.1, 0.15) is 6.92 Å². The summed E-state index contributed by atoms with van der Waals surface area (Å²) in [5.74, 6) is -0.440. The Morgan fingerprint density at radius 1 is 1.14 bits per heavy atom. The van der Waals surface area contributed by atoms with Crippen molar-refractivity contribution in [2.45, 2.75) is 6.92 Å². The summed E-state index contributed by atoms with van der Waals surface area (Å²) >= 11 is 0. The number of likely N-dealkylation sites (N-methyl/N-ethyl adjacent to an activating group) is 1. The first-order valence-corrected chi connectivity index (χ1v) is 6.76. The zero-order chi connectivity index (χ0) is 15.2. The lowest BCUT2D eigenvalue weighted by molar-refractivity contribution is -0.141. The Kier molecular flexibility index (Phi) is 4.77. The van der Waals surface area contributed by atoms with E-state index in [9.17, 15) is 9.59 Å². The van der Waals surface area contributed by atoms with Crippen molar-refractivity contribution in [2.24, 2.45) is 0 Å². The van der Waals surface area contributed by atoms with Crippen LogP contribution in [0.25, 0.3) is 10.8 Å². The van der Waals surface area contributed by atoms with Crippen LogP contribution >= 0.6 is 0 Å². The zero-order valence-corrected chi connectivity index (χ0v) is 12.1. The van der Waals surface area contributed by atoms with Crippen LogP contribution in [-0.2, 0) is 9.53 Å². The van der Waals surface area contributed by atoms with Crippen molar-refractivity contribution in [1.29, 1.82) is 0 Å². The van der Waals surface area contributed by atoms with E-state index in [4.69, 9.17) is 0 Å². The van der Waals surface area contributed by atoms with Gasteiger partial charge < -0.3 is 15.0 Å². The molecule has 2 aromatic rings. The summed E-state index contributed by atoms with van der Waals surface area (Å²) in [4.78, 5) is 24.9. The molecule has 2 amide bonds. The van der Waals surface area contributed by atoms with Gasteiger partial charge in [0.1, 0.15) is 6.54 Å². The molecule has 5 heteroatoms. The maximum Gasteiger partial charge on any atom is 0.325 e. The number of methoxy groups -OCH3 is 1. The number of urea groups is 1. The highest BCUT2D eigenvalue weighted by molar-refractivity contribution is 6.02. The Balaban J connectivity index is 2.19. The second-order valence-electron chi connectivity index (χ2n) is 4.55. The first kappa shape index (κ1) is 14.8. The fourth-order valence-electron chi connectivity index (χ4n) is 2.08. The van der Waals surface area contributed by atoms with Gasteiger partial charge in [0.05, 0.1) is 12.8 Å². The third-order valence-electron chi connectivity index (χ3n) is 3.25. The number of nitrogens with one attached hydrogen (secondary N) is 1. The minimum atomic E-state index is -0.440. The number of hydrogen-bond acceptors (Lipinski definition) is 3. The van der Waals surface area contributed by atoms with E-state index in [2.05, 4.69) is 10.1 Å². The molecule has 0 spiro atoms. The Morgan fingerprint density at radius 3 is 2.57 bits per heavy atom. The Labute approximate surface area is 123 Å². The molecule has 2 aromatic carbocycles. The molecule has 1 N–H and O–H groups in total. The van der Waals surface area contributed by atoms with Gasteiger partial charge in [-0.3, -0.25) is 4.79 Å². The smallest absolute Gasteiger partial charge is 0.325 e. The van der Waals surface area contributed by atoms with Crippen molar-refractivity contribution in [3.63, 3.8) is 0 Å². The lowest BCUT2D eigenvalue weighted by atomic mass is 10.1. The molecular formula is C16H18N2O3. The van der Waals surface area contributed by atoms with Crippen molar-refractivity contribution in [1.82, 2.24) is 4.90 Å². The second kappa shape index (κ2) is 6.74. The number of amides is 2. The average Bonchev–Trinajstić information content (AvgIpc) is 2.52. The summed E-state index contributed by atoms with van der Waals surface area (Å²) in [7, 11) is 1.30. The number of fused-ring (bicyclic) bond motifs is 1. The maximum atomic E-state index is 12.2. The van der Waals surface area contributed by atoms with Crippen molar-refractivity contribution < 1.29 is 14.3 Å². The van der Waals surface area contributed by atoms with Gasteiger partial charge in [0.2, 0.25) is 0 Å². The summed E-state index contributed by atoms with van der Waals surface area (Å²) in [6.45, 7) is 2.17. The molecule has 110 valence electrons. The first-order valence-electron chi connectivity index (χ1n) is 6.76. The average molecular weight is 286 g/mol. The third kappa shape index (κ3) is 3.51. The maximum absolute atomic E-state index is 12.2. The highest BCUT2D eigenvalue weighted by Gasteiger charge is 2.16. The molecule has 2 rings (SSSR count). The molecule has 0 saturated heterocycles. The number of carbonyl (C=O) groups excluding carboxylic acids is 2. The SMILES string of the molecule is CCN(CC(=O)OC)C(=O)Nc1cccc2ccccc12. The van der Waals surface area contributed by atoms with Crippen LogP contribution < -0.4 is 5.32 Å². The molecule has 0 heterocycles. The topological polar surface area (TPSA) is 58.6 Å². The molecule has 21 heavy (non-hydrogen) atoms. The molecule has 0 aliphatic rings. The van der Waals surface area contributed by atoms with Crippen LogP contribution in [0, 0.1) is 0 Å². The Hall–Kier alpha value is -2.56. The quantitative estimate of drug-likeness (QED) is 0.879. The van der Waals surface area contributed by atoms with Crippen LogP contribution in [0.3, 0.4) is 0 Å². The molecular weight excluding hydrogens is 268 g/mol. The summed E-state index contributed by atoms with van der Waals surface area (Å²) in [6.07, 6.45) is 0. The summed E-state index contributed by atoms with van der Waals surface area (Å²) in [6, 6.07) is 13.2. The molecule has 5 nitrogen and oxygen atoms in total. The van der Waals surface area contributed by atoms with E-state index in [0.717, 1.165) is 16.5 Å². The van der Waals surface area contributed by atoms with Gasteiger partial charge in [-0.2, -0.15) is 0 Å². The molecule has 0 aliphatic heterocycles. The minimum absolute atomic E-state index is 0.0659. The van der Waals surface area contributed by atoms with Gasteiger partial charge in [0.25, 0.3) is 0 Å². The van der Waals surface area contributed by atoms with Crippen LogP contribution in [0.4, 0.5) is 10.5 Å². The first-order chi connectivity index (χ1) is 10.2. The fraction of sp³-hybridized carbons (Fsp3) is 0.250. The summed E-state index contributed by atoms with van der Waals surface area (Å²) in [5.41, 5.74) is 0.724. The number of nitrogens with zero attached hydrogens (tertiary/aromatic N) is 1. The molecule has 0 aliphatic carbocycles. The normalized spacial score (nSPS) is 10.2. The van der Waals surface area contributed by atoms with Gasteiger partial charge >= 0.3 is 12.0 Å². The highest BCUT2D eigenvalue weighted by atomic mass is 16.5. The molecule has 0 atom stereocenters. The fourth-order valence-corrected chi connectivity index (χ4v) is 2.08. The molecule has 0 bridgehead atoms. The summed E-state index contributed by atoms with van der Waals surface area (Å²) < 4.78 is 4.59. The minimum Gasteiger partial charge on any atom is -0.468 e. The lowest BCUT2D eigenvalue weighted by Crippen LogP contribution is -2.39. The predicted octanol–water partition coefficient (Wildman–Crippen LogP) is 2.87. The number of hydrogen-bond donors (Lipinski definition) is 1. The number of carbonyl (C=O) groups is 2. The van der Waals surface area contributed by atoms with Crippen LogP contribution in [0.15, 0.2) is 42.5 Å². The number of anilines is 1. The third-order valence-corrected chi connectivity index (χ3v) is 3.25. The van der Waals surface area contributed by atoms with Gasteiger partial charge in [-0.05, 0) is 18.4 Å². The zero-order valence-electron chi connectivity index (χ0n) is 12.1. The van der Waals surface area contributed by atoms with Crippen molar-refractivity contribution >= 4 is 28.5 Å². The highest BCUT2D eigenvalue weighted by Crippen LogP contribution is 2.23. The van der Waals surface area contributed by atoms with E-state index < -0.39 is 5.97 Å². The molecule has 0 aromatic heterocycles. The Morgan fingerprint density at radius 2 is 1.86 bits per heavy atom. The molecule has 0 saturated carbocycles. The van der Waals surface area contributed by atoms with E-state index in [-0.39, 0.29) is 12.6 Å². The van der Waals surface area contributed by atoms with Crippen LogP contribution in [0.2, 0.25) is 0 Å². The molecule has 0 fully saturated rings. The van der Waals surface area contributed by atoms with E-state index >= 15 is 0 Å². The predicted molar refractivity (Wildman–Crippen MR) is 82.2 cm³/mol. The summed E-state index contributed by atoms with van der Waals surface area (Å²) in [5, 5.41) is 4.85. The monoisotopic (exact) mass is 286 g/mol. The number of ether oxygens (including phenoxy) is 1. The standard InChI is InChI=1S/C16H18N2O3/c1-3-18(11-15(19)21-2)16(20)17-14-10-6-8-12-7-4-5-9-13(12)14/h4-10H,3,11H2,1-2H3,(H,17,20). The van der Waals surface area contributed by atoms with E-state index in [1.807, 2.05) is 49.4 Å². The number of esters is 1. The van der Waals surface area contributed by atoms with E-state index in [1.54, 1.807) is 0 Å². The van der Waals surface area contributed by atoms with Gasteiger partial charge in [0, 0.05) is 11.9 Å². The largest absolute Gasteiger partial charge is 0.468 e. The van der Waals surface area contributed by atoms with E-state index in [0.29, 0.717) is 6.54 Å². The van der Waals surface area contributed by atoms with Crippen molar-refractivity contribution in [3.8, 4) is 0 Å². The van der Waals surface area contributed by atoms with E-state index in [1.165, 1.54) is 12.0 Å². The Bertz CT molecular complexity index is 650. The molecule has 0 unspecified atom stereocenters. The van der Waals surface area contributed by atoms with Crippen molar-refractivity contribution in [2.75, 3.05) is 25.5 Å². The lowest BCUT2D eigenvalue weighted by Gasteiger charge is -2.20. The van der Waals surface area contributed by atoms with Gasteiger partial charge in [-0.15, -0.1) is 0 Å². The van der Waals surface area contributed by atoms with Gasteiger partial charge in [-0.25, -0.2) is 4.79 Å². The van der Waals surface area contributed by atoms with Gasteiger partial charge in [-0.1, -0.05) is 36.4 Å². The van der Waals surface area contributed by atoms with Crippen LogP contribution in [0.5, 0.6) is 0 Å². The number of benzene rings is 2. The second-order valence-corrected chi connectivity index (χ2v) is 4.55. The molecule has 0 radical (unpaired) electrons.